The number of rotatable bonds is 4. The van der Waals surface area contributed by atoms with Crippen LogP contribution in [0.4, 0.5) is 0 Å². The number of benzene rings is 4. The smallest absolute Gasteiger partial charge is 0.163 e. The van der Waals surface area contributed by atoms with Crippen LogP contribution in [0.5, 0.6) is 17.2 Å². The van der Waals surface area contributed by atoms with Gasteiger partial charge in [-0.1, -0.05) is 54.6 Å². The van der Waals surface area contributed by atoms with Gasteiger partial charge in [-0.25, -0.2) is 0 Å². The molecule has 0 radical (unpaired) electrons. The fourth-order valence-electron chi connectivity index (χ4n) is 2.87. The third-order valence-electron chi connectivity index (χ3n) is 4.99. The fraction of sp³-hybridized carbons (Fsp3) is 0.125. The molecular weight excluding hydrogens is 496 g/mol. The predicted octanol–water partition coefficient (Wildman–Crippen LogP) is 6.67. The molecule has 0 spiro atoms. The monoisotopic (exact) mass is 528 g/mol. The number of phenolic OH excluding ortho intramolecular Hbond substituents is 3. The zero-order valence-corrected chi connectivity index (χ0v) is 22.3. The van der Waals surface area contributed by atoms with Crippen LogP contribution in [0.3, 0.4) is 0 Å². The molecule has 39 heavy (non-hydrogen) atoms. The van der Waals surface area contributed by atoms with Gasteiger partial charge in [-0.05, 0) is 76.2 Å². The molecular formula is C32H32O7. The highest BCUT2D eigenvalue weighted by molar-refractivity contribution is 5.96. The Labute approximate surface area is 228 Å². The van der Waals surface area contributed by atoms with E-state index >= 15 is 0 Å². The summed E-state index contributed by atoms with van der Waals surface area (Å²) in [5, 5.41) is 26.8. The molecule has 0 fully saturated rings. The first kappa shape index (κ1) is 32.0. The van der Waals surface area contributed by atoms with E-state index in [9.17, 15) is 19.2 Å². The molecule has 0 heterocycles. The first-order chi connectivity index (χ1) is 18.4. The number of carbonyl (C=O) groups excluding carboxylic acids is 4. The Morgan fingerprint density at radius 3 is 1.28 bits per heavy atom. The topological polar surface area (TPSA) is 129 Å². The van der Waals surface area contributed by atoms with Crippen LogP contribution in [0, 0.1) is 0 Å². The van der Waals surface area contributed by atoms with Crippen LogP contribution in [0.1, 0.15) is 69.1 Å². The summed E-state index contributed by atoms with van der Waals surface area (Å²) in [6.07, 6.45) is 0. The van der Waals surface area contributed by atoms with E-state index in [1.165, 1.54) is 51.1 Å². The first-order valence-electron chi connectivity index (χ1n) is 11.9. The third-order valence-corrected chi connectivity index (χ3v) is 4.99. The quantitative estimate of drug-likeness (QED) is 0.252. The second-order valence-electron chi connectivity index (χ2n) is 8.21. The summed E-state index contributed by atoms with van der Waals surface area (Å²) in [4.78, 5) is 42.7. The van der Waals surface area contributed by atoms with E-state index in [1.807, 2.05) is 30.3 Å². The summed E-state index contributed by atoms with van der Waals surface area (Å²) in [6, 6.07) is 28.2. The average Bonchev–Trinajstić information content (AvgIpc) is 2.90. The summed E-state index contributed by atoms with van der Waals surface area (Å²) in [5.74, 6) is 0.359. The molecule has 0 saturated carbocycles. The van der Waals surface area contributed by atoms with Crippen LogP contribution in [0.2, 0.25) is 0 Å². The van der Waals surface area contributed by atoms with Crippen molar-refractivity contribution in [3.8, 4) is 17.2 Å². The Morgan fingerprint density at radius 2 is 0.897 bits per heavy atom. The van der Waals surface area contributed by atoms with Gasteiger partial charge in [-0.15, -0.1) is 0 Å². The van der Waals surface area contributed by atoms with Gasteiger partial charge in [0.05, 0.1) is 5.56 Å². The number of phenols is 3. The molecule has 4 aromatic carbocycles. The van der Waals surface area contributed by atoms with E-state index in [0.29, 0.717) is 16.7 Å². The van der Waals surface area contributed by atoms with E-state index in [-0.39, 0.29) is 40.4 Å². The van der Waals surface area contributed by atoms with Gasteiger partial charge >= 0.3 is 0 Å². The standard InChI is InChI=1S/3C8H8O2.C8H8O/c1-6(9)7-2-4-8(10)5-3-7;1-6(9)7-3-2-4-8(10)5-7;1-6(9)7-4-2-3-5-8(7)10;1-7(9)8-5-3-2-4-6-8/h3*2-5,10H,1H3;2-6H,1H3. The molecule has 4 aromatic rings. The summed E-state index contributed by atoms with van der Waals surface area (Å²) in [7, 11) is 0. The Hall–Kier alpha value is -5.04. The second kappa shape index (κ2) is 16.7. The minimum absolute atomic E-state index is 0.0139. The molecule has 4 rings (SSSR count). The lowest BCUT2D eigenvalue weighted by atomic mass is 10.1. The van der Waals surface area contributed by atoms with Crippen LogP contribution < -0.4 is 0 Å². The summed E-state index contributed by atoms with van der Waals surface area (Å²) in [6.45, 7) is 5.95. The van der Waals surface area contributed by atoms with Gasteiger partial charge in [0.1, 0.15) is 17.2 Å². The van der Waals surface area contributed by atoms with E-state index in [0.717, 1.165) is 5.56 Å². The Balaban J connectivity index is 0.000000260. The third kappa shape index (κ3) is 12.7. The van der Waals surface area contributed by atoms with E-state index in [1.54, 1.807) is 49.4 Å². The maximum Gasteiger partial charge on any atom is 0.163 e. The van der Waals surface area contributed by atoms with Crippen LogP contribution in [-0.4, -0.2) is 38.5 Å². The molecule has 0 aliphatic carbocycles. The average molecular weight is 529 g/mol. The largest absolute Gasteiger partial charge is 0.508 e. The van der Waals surface area contributed by atoms with E-state index in [2.05, 4.69) is 0 Å². The van der Waals surface area contributed by atoms with Crippen LogP contribution in [-0.2, 0) is 0 Å². The van der Waals surface area contributed by atoms with Crippen molar-refractivity contribution >= 4 is 23.1 Å². The Bertz CT molecular complexity index is 1380. The summed E-state index contributed by atoms with van der Waals surface area (Å²) < 4.78 is 0. The van der Waals surface area contributed by atoms with E-state index < -0.39 is 0 Å². The molecule has 0 aliphatic heterocycles. The zero-order chi connectivity index (χ0) is 29.4. The zero-order valence-electron chi connectivity index (χ0n) is 22.3. The molecule has 3 N–H and O–H groups in total. The maximum absolute atomic E-state index is 10.7. The van der Waals surface area contributed by atoms with Crippen molar-refractivity contribution in [1.82, 2.24) is 0 Å². The number of Topliss-reactive ketones (excluding diaryl/α,β-unsaturated/α-hetero) is 4. The molecule has 0 atom stereocenters. The van der Waals surface area contributed by atoms with Crippen molar-refractivity contribution in [2.75, 3.05) is 0 Å². The van der Waals surface area contributed by atoms with Gasteiger partial charge in [-0.2, -0.15) is 0 Å². The second-order valence-corrected chi connectivity index (χ2v) is 8.21. The Kier molecular flexibility index (Phi) is 13.7. The number of hydrogen-bond acceptors (Lipinski definition) is 7. The lowest BCUT2D eigenvalue weighted by Crippen LogP contribution is -1.90. The highest BCUT2D eigenvalue weighted by Crippen LogP contribution is 2.15. The minimum atomic E-state index is -0.113. The van der Waals surface area contributed by atoms with Crippen molar-refractivity contribution in [2.45, 2.75) is 27.7 Å². The normalized spacial score (nSPS) is 9.23. The predicted molar refractivity (Wildman–Crippen MR) is 151 cm³/mol. The van der Waals surface area contributed by atoms with Crippen molar-refractivity contribution < 1.29 is 34.5 Å². The van der Waals surface area contributed by atoms with Gasteiger partial charge in [0.15, 0.2) is 23.1 Å². The summed E-state index contributed by atoms with van der Waals surface area (Å²) in [5.41, 5.74) is 2.32. The lowest BCUT2D eigenvalue weighted by Gasteiger charge is -1.96. The van der Waals surface area contributed by atoms with Crippen molar-refractivity contribution in [1.29, 1.82) is 0 Å². The number of aromatic hydroxyl groups is 3. The molecule has 202 valence electrons. The molecule has 0 bridgehead atoms. The Morgan fingerprint density at radius 1 is 0.436 bits per heavy atom. The molecule has 0 saturated heterocycles. The number of carbonyl (C=O) groups is 4. The van der Waals surface area contributed by atoms with Gasteiger partial charge in [-0.3, -0.25) is 19.2 Å². The van der Waals surface area contributed by atoms with Gasteiger partial charge < -0.3 is 15.3 Å². The lowest BCUT2D eigenvalue weighted by molar-refractivity contribution is 0.100. The highest BCUT2D eigenvalue weighted by Gasteiger charge is 2.02. The molecule has 7 heteroatoms. The SMILES string of the molecule is CC(=O)c1ccc(O)cc1.CC(=O)c1cccc(O)c1.CC(=O)c1ccccc1.CC(=O)c1ccccc1O. The van der Waals surface area contributed by atoms with Crippen LogP contribution in [0.15, 0.2) is 103 Å². The van der Waals surface area contributed by atoms with Gasteiger partial charge in [0, 0.05) is 16.7 Å². The maximum atomic E-state index is 10.7. The molecule has 0 unspecified atom stereocenters. The van der Waals surface area contributed by atoms with E-state index in [4.69, 9.17) is 15.3 Å². The van der Waals surface area contributed by atoms with Crippen LogP contribution in [0.25, 0.3) is 0 Å². The number of ketones is 4. The number of para-hydroxylation sites is 1. The summed E-state index contributed by atoms with van der Waals surface area (Å²) >= 11 is 0. The van der Waals surface area contributed by atoms with Gasteiger partial charge in [0.2, 0.25) is 0 Å². The number of hydrogen-bond donors (Lipinski definition) is 3. The fourth-order valence-corrected chi connectivity index (χ4v) is 2.87. The molecule has 0 aromatic heterocycles. The molecule has 0 amide bonds. The van der Waals surface area contributed by atoms with Crippen molar-refractivity contribution in [3.05, 3.63) is 125 Å². The van der Waals surface area contributed by atoms with Crippen molar-refractivity contribution in [2.24, 2.45) is 0 Å². The van der Waals surface area contributed by atoms with Crippen molar-refractivity contribution in [3.63, 3.8) is 0 Å². The van der Waals surface area contributed by atoms with Gasteiger partial charge in [0.25, 0.3) is 0 Å². The highest BCUT2D eigenvalue weighted by atomic mass is 16.3. The first-order valence-corrected chi connectivity index (χ1v) is 11.9. The molecule has 0 aliphatic rings. The minimum Gasteiger partial charge on any atom is -0.508 e. The molecule has 7 nitrogen and oxygen atoms in total. The van der Waals surface area contributed by atoms with Crippen LogP contribution >= 0.6 is 0 Å².